The number of nitrogens with zero attached hydrogens (tertiary/aromatic N) is 6. The van der Waals surface area contributed by atoms with E-state index < -0.39 is 17.7 Å². The largest absolute Gasteiger partial charge is 0.435 e. The van der Waals surface area contributed by atoms with Crippen molar-refractivity contribution in [2.24, 2.45) is 7.05 Å². The lowest BCUT2D eigenvalue weighted by atomic mass is 10.1. The van der Waals surface area contributed by atoms with Gasteiger partial charge in [0.1, 0.15) is 11.6 Å². The van der Waals surface area contributed by atoms with Gasteiger partial charge in [-0.15, -0.1) is 0 Å². The molecule has 0 fully saturated rings. The van der Waals surface area contributed by atoms with Crippen molar-refractivity contribution in [1.29, 1.82) is 0 Å². The molecule has 0 amide bonds. The van der Waals surface area contributed by atoms with Gasteiger partial charge in [0.15, 0.2) is 11.5 Å². The maximum atomic E-state index is 13.6. The summed E-state index contributed by atoms with van der Waals surface area (Å²) in [5.41, 5.74) is 5.17. The molecule has 4 aromatic rings. The normalized spacial score (nSPS) is 11.9. The van der Waals surface area contributed by atoms with Gasteiger partial charge >= 0.3 is 6.18 Å². The van der Waals surface area contributed by atoms with Gasteiger partial charge in [0.25, 0.3) is 0 Å². The van der Waals surface area contributed by atoms with Crippen molar-refractivity contribution in [3.63, 3.8) is 0 Å². The summed E-state index contributed by atoms with van der Waals surface area (Å²) in [6.45, 7) is 0. The van der Waals surface area contributed by atoms with Crippen LogP contribution in [-0.4, -0.2) is 29.3 Å². The Morgan fingerprint density at radius 1 is 1.04 bits per heavy atom. The fourth-order valence-electron chi connectivity index (χ4n) is 2.79. The Kier molecular flexibility index (Phi) is 3.95. The van der Waals surface area contributed by atoms with Crippen LogP contribution in [-0.2, 0) is 13.2 Å². The first-order valence-electron chi connectivity index (χ1n) is 8.01. The highest BCUT2D eigenvalue weighted by Gasteiger charge is 2.40. The minimum absolute atomic E-state index is 0.122. The number of aryl methyl sites for hydroxylation is 1. The van der Waals surface area contributed by atoms with Crippen molar-refractivity contribution in [1.82, 2.24) is 29.3 Å². The third-order valence-electron chi connectivity index (χ3n) is 4.07. The molecule has 144 valence electrons. The molecule has 0 bridgehead atoms. The summed E-state index contributed by atoms with van der Waals surface area (Å²) in [5, 5.41) is 11.7. The van der Waals surface area contributed by atoms with Crippen molar-refractivity contribution < 1.29 is 17.6 Å². The van der Waals surface area contributed by atoms with E-state index in [1.54, 1.807) is 13.2 Å². The molecule has 0 radical (unpaired) electrons. The maximum Gasteiger partial charge on any atom is 0.435 e. The molecule has 11 heteroatoms. The molecule has 0 spiro atoms. The summed E-state index contributed by atoms with van der Waals surface area (Å²) in [7, 11) is 1.63. The van der Waals surface area contributed by atoms with E-state index in [-0.39, 0.29) is 22.8 Å². The predicted octanol–water partition coefficient (Wildman–Crippen LogP) is 3.20. The minimum Gasteiger partial charge on any atom is -0.383 e. The van der Waals surface area contributed by atoms with Crippen LogP contribution in [0.1, 0.15) is 5.69 Å². The molecule has 0 saturated carbocycles. The van der Waals surface area contributed by atoms with E-state index in [2.05, 4.69) is 15.3 Å². The van der Waals surface area contributed by atoms with Gasteiger partial charge in [0.2, 0.25) is 0 Å². The molecule has 3 heterocycles. The molecule has 0 atom stereocenters. The number of anilines is 1. The van der Waals surface area contributed by atoms with Gasteiger partial charge in [-0.2, -0.15) is 33.1 Å². The highest BCUT2D eigenvalue weighted by atomic mass is 19.4. The SMILES string of the molecule is Cn1ccc(-n2nc(C(F)(F)F)c(-c3cnn(-c4ccc(F)cc4)c3)c2N)n1. The third kappa shape index (κ3) is 3.00. The zero-order chi connectivity index (χ0) is 20.1. The molecule has 0 aliphatic rings. The van der Waals surface area contributed by atoms with Crippen LogP contribution in [0.2, 0.25) is 0 Å². The number of benzene rings is 1. The number of halogens is 4. The molecule has 2 N–H and O–H groups in total. The standard InChI is InChI=1S/C17H13F4N7/c1-26-7-6-13(24-26)28-16(22)14(15(25-28)17(19,20)21)10-8-23-27(9-10)12-4-2-11(18)3-5-12/h2-9H,22H2,1H3. The van der Waals surface area contributed by atoms with E-state index in [1.807, 2.05) is 0 Å². The molecule has 0 aliphatic heterocycles. The quantitative estimate of drug-likeness (QED) is 0.544. The Morgan fingerprint density at radius 2 is 1.75 bits per heavy atom. The second-order valence-electron chi connectivity index (χ2n) is 6.02. The van der Waals surface area contributed by atoms with Crippen LogP contribution >= 0.6 is 0 Å². The van der Waals surface area contributed by atoms with E-state index in [9.17, 15) is 17.6 Å². The summed E-state index contributed by atoms with van der Waals surface area (Å²) in [6.07, 6.45) is -0.551. The lowest BCUT2D eigenvalue weighted by Crippen LogP contribution is -2.09. The zero-order valence-electron chi connectivity index (χ0n) is 14.4. The highest BCUT2D eigenvalue weighted by molar-refractivity contribution is 5.77. The first kappa shape index (κ1) is 17.8. The van der Waals surface area contributed by atoms with E-state index >= 15 is 0 Å². The Labute approximate surface area is 155 Å². The van der Waals surface area contributed by atoms with Crippen LogP contribution in [0.3, 0.4) is 0 Å². The van der Waals surface area contributed by atoms with Crippen molar-refractivity contribution in [3.8, 4) is 22.6 Å². The molecule has 1 aromatic carbocycles. The first-order valence-corrected chi connectivity index (χ1v) is 8.01. The van der Waals surface area contributed by atoms with Crippen molar-refractivity contribution in [3.05, 3.63) is 60.4 Å². The topological polar surface area (TPSA) is 79.5 Å². The van der Waals surface area contributed by atoms with Crippen LogP contribution in [0.4, 0.5) is 23.4 Å². The molecule has 4 rings (SSSR count). The second kappa shape index (κ2) is 6.22. The van der Waals surface area contributed by atoms with Crippen molar-refractivity contribution in [2.75, 3.05) is 5.73 Å². The van der Waals surface area contributed by atoms with Gasteiger partial charge in [0.05, 0.1) is 17.4 Å². The fraction of sp³-hybridized carbons (Fsp3) is 0.118. The Balaban J connectivity index is 1.85. The summed E-state index contributed by atoms with van der Waals surface area (Å²) >= 11 is 0. The maximum absolute atomic E-state index is 13.6. The monoisotopic (exact) mass is 391 g/mol. The number of hydrogen-bond donors (Lipinski definition) is 1. The lowest BCUT2D eigenvalue weighted by molar-refractivity contribution is -0.140. The van der Waals surface area contributed by atoms with Crippen molar-refractivity contribution in [2.45, 2.75) is 6.18 Å². The lowest BCUT2D eigenvalue weighted by Gasteiger charge is -2.05. The van der Waals surface area contributed by atoms with Crippen LogP contribution in [0.5, 0.6) is 0 Å². The average Bonchev–Trinajstić information content (AvgIpc) is 3.33. The number of aromatic nitrogens is 6. The number of hydrogen-bond acceptors (Lipinski definition) is 4. The van der Waals surface area contributed by atoms with Crippen LogP contribution in [0.25, 0.3) is 22.6 Å². The second-order valence-corrected chi connectivity index (χ2v) is 6.02. The summed E-state index contributed by atoms with van der Waals surface area (Å²) in [6, 6.07) is 6.86. The highest BCUT2D eigenvalue weighted by Crippen LogP contribution is 2.40. The summed E-state index contributed by atoms with van der Waals surface area (Å²) in [4.78, 5) is 0. The minimum atomic E-state index is -4.73. The number of nitrogen functional groups attached to an aromatic ring is 1. The first-order chi connectivity index (χ1) is 13.2. The molecule has 3 aromatic heterocycles. The van der Waals surface area contributed by atoms with Gasteiger partial charge in [0, 0.05) is 31.1 Å². The molecule has 7 nitrogen and oxygen atoms in total. The van der Waals surface area contributed by atoms with Gasteiger partial charge < -0.3 is 5.73 Å². The Hall–Kier alpha value is -3.63. The van der Waals surface area contributed by atoms with E-state index in [1.165, 1.54) is 52.1 Å². The predicted molar refractivity (Wildman–Crippen MR) is 92.3 cm³/mol. The van der Waals surface area contributed by atoms with Gasteiger partial charge in [-0.3, -0.25) is 4.68 Å². The van der Waals surface area contributed by atoms with Gasteiger partial charge in [-0.25, -0.2) is 9.07 Å². The van der Waals surface area contributed by atoms with Gasteiger partial charge in [-0.05, 0) is 24.3 Å². The zero-order valence-corrected chi connectivity index (χ0v) is 14.4. The van der Waals surface area contributed by atoms with E-state index in [0.29, 0.717) is 5.69 Å². The summed E-state index contributed by atoms with van der Waals surface area (Å²) < 4.78 is 57.6. The van der Waals surface area contributed by atoms with Crippen molar-refractivity contribution >= 4 is 5.82 Å². The van der Waals surface area contributed by atoms with E-state index in [0.717, 1.165) is 4.68 Å². The van der Waals surface area contributed by atoms with Crippen LogP contribution in [0.15, 0.2) is 48.9 Å². The number of nitrogens with two attached hydrogens (primary N) is 1. The number of rotatable bonds is 3. The van der Waals surface area contributed by atoms with Gasteiger partial charge in [-0.1, -0.05) is 0 Å². The Morgan fingerprint density at radius 3 is 2.36 bits per heavy atom. The Bertz CT molecular complexity index is 1140. The molecule has 28 heavy (non-hydrogen) atoms. The summed E-state index contributed by atoms with van der Waals surface area (Å²) in [5.74, 6) is -0.497. The molecule has 0 saturated heterocycles. The van der Waals surface area contributed by atoms with Crippen LogP contribution < -0.4 is 5.73 Å². The molecular weight excluding hydrogens is 378 g/mol. The molecule has 0 unspecified atom stereocenters. The van der Waals surface area contributed by atoms with E-state index in [4.69, 9.17) is 5.73 Å². The molecular formula is C17H13F4N7. The molecule has 0 aliphatic carbocycles. The smallest absolute Gasteiger partial charge is 0.383 e. The average molecular weight is 391 g/mol. The number of alkyl halides is 3. The third-order valence-corrected chi connectivity index (χ3v) is 4.07. The fourth-order valence-corrected chi connectivity index (χ4v) is 2.79. The van der Waals surface area contributed by atoms with Crippen LogP contribution in [0, 0.1) is 5.82 Å².